The quantitative estimate of drug-likeness (QED) is 0.603. The predicted octanol–water partition coefficient (Wildman–Crippen LogP) is 4.45. The molecule has 1 aliphatic heterocycles. The van der Waals surface area contributed by atoms with Crippen LogP contribution in [0.2, 0.25) is 5.02 Å². The Kier molecular flexibility index (Phi) is 5.06. The van der Waals surface area contributed by atoms with E-state index >= 15 is 0 Å². The fourth-order valence-electron chi connectivity index (χ4n) is 2.81. The number of carbonyl (C=O) groups is 2. The maximum Gasteiger partial charge on any atom is 0.275 e. The number of halogens is 2. The maximum absolute atomic E-state index is 14.8. The highest BCUT2D eigenvalue weighted by Gasteiger charge is 2.35. The van der Waals surface area contributed by atoms with E-state index < -0.39 is 17.2 Å². The molecular formula is C19H18ClFN3O2P. The van der Waals surface area contributed by atoms with Gasteiger partial charge in [0.1, 0.15) is 11.2 Å². The van der Waals surface area contributed by atoms with Gasteiger partial charge in [0.05, 0.1) is 10.7 Å². The summed E-state index contributed by atoms with van der Waals surface area (Å²) in [6.45, 7) is 4.53. The number of hydrazine groups is 1. The second kappa shape index (κ2) is 7.02. The molecule has 0 aliphatic carbocycles. The zero-order chi connectivity index (χ0) is 19.9. The van der Waals surface area contributed by atoms with E-state index in [4.69, 9.17) is 11.6 Å². The van der Waals surface area contributed by atoms with E-state index in [2.05, 4.69) is 19.6 Å². The van der Waals surface area contributed by atoms with Crippen LogP contribution in [0, 0.1) is 0 Å². The molecule has 2 unspecified atom stereocenters. The molecule has 0 bridgehead atoms. The minimum Gasteiger partial charge on any atom is -0.271 e. The first-order chi connectivity index (χ1) is 12.6. The van der Waals surface area contributed by atoms with Crippen LogP contribution in [0.1, 0.15) is 26.3 Å². The first-order valence-electron chi connectivity index (χ1n) is 8.18. The summed E-state index contributed by atoms with van der Waals surface area (Å²) in [7, 11) is 2.11. The van der Waals surface area contributed by atoms with Gasteiger partial charge in [0.25, 0.3) is 11.8 Å². The van der Waals surface area contributed by atoms with Gasteiger partial charge in [-0.05, 0) is 20.8 Å². The van der Waals surface area contributed by atoms with Crippen LogP contribution in [0.3, 0.4) is 0 Å². The molecule has 0 radical (unpaired) electrons. The van der Waals surface area contributed by atoms with Crippen molar-refractivity contribution in [1.29, 1.82) is 0 Å². The summed E-state index contributed by atoms with van der Waals surface area (Å²) < 4.78 is 14.8. The van der Waals surface area contributed by atoms with Crippen molar-refractivity contribution in [2.45, 2.75) is 26.2 Å². The van der Waals surface area contributed by atoms with Gasteiger partial charge in [-0.1, -0.05) is 51.2 Å². The van der Waals surface area contributed by atoms with E-state index in [1.807, 2.05) is 6.07 Å². The van der Waals surface area contributed by atoms with Gasteiger partial charge in [0, 0.05) is 28.3 Å². The molecule has 2 aromatic rings. The third kappa shape index (κ3) is 3.60. The SMILES string of the molecule is CC1=C(C)C(=O)N(Nc2cc(Cl)c(C(C)(F)P)c(-c3ccccc3)n2)C1=O. The zero-order valence-corrected chi connectivity index (χ0v) is 16.9. The number of nitrogens with one attached hydrogen (secondary N) is 1. The largest absolute Gasteiger partial charge is 0.275 e. The second-order valence-corrected chi connectivity index (χ2v) is 7.95. The van der Waals surface area contributed by atoms with Gasteiger partial charge in [0.15, 0.2) is 0 Å². The molecule has 3 rings (SSSR count). The summed E-state index contributed by atoms with van der Waals surface area (Å²) >= 11 is 6.35. The Morgan fingerprint density at radius 1 is 1.15 bits per heavy atom. The Bertz CT molecular complexity index is 947. The number of imide groups is 1. The van der Waals surface area contributed by atoms with Crippen molar-refractivity contribution in [3.63, 3.8) is 0 Å². The molecule has 2 atom stereocenters. The number of hydrogen-bond acceptors (Lipinski definition) is 4. The van der Waals surface area contributed by atoms with Gasteiger partial charge in [-0.25, -0.2) is 9.37 Å². The summed E-state index contributed by atoms with van der Waals surface area (Å²) in [4.78, 5) is 29.0. The van der Waals surface area contributed by atoms with Crippen LogP contribution in [0.4, 0.5) is 10.2 Å². The Morgan fingerprint density at radius 3 is 2.22 bits per heavy atom. The molecule has 2 amide bonds. The van der Waals surface area contributed by atoms with Crippen molar-refractivity contribution in [1.82, 2.24) is 9.99 Å². The number of anilines is 1. The lowest BCUT2D eigenvalue weighted by atomic mass is 10.0. The Hall–Kier alpha value is -2.30. The lowest BCUT2D eigenvalue weighted by Crippen LogP contribution is -2.37. The molecule has 27 heavy (non-hydrogen) atoms. The van der Waals surface area contributed by atoms with Gasteiger partial charge in [-0.15, -0.1) is 0 Å². The van der Waals surface area contributed by atoms with E-state index in [0.29, 0.717) is 22.4 Å². The average molecular weight is 406 g/mol. The number of pyridine rings is 1. The lowest BCUT2D eigenvalue weighted by molar-refractivity contribution is -0.135. The molecule has 1 aromatic heterocycles. The molecule has 8 heteroatoms. The lowest BCUT2D eigenvalue weighted by Gasteiger charge is -2.23. The molecular weight excluding hydrogens is 388 g/mol. The van der Waals surface area contributed by atoms with Crippen LogP contribution in [-0.4, -0.2) is 21.8 Å². The Morgan fingerprint density at radius 2 is 1.70 bits per heavy atom. The van der Waals surface area contributed by atoms with Crippen LogP contribution < -0.4 is 5.43 Å². The summed E-state index contributed by atoms with van der Waals surface area (Å²) in [5, 5.41) is -0.804. The van der Waals surface area contributed by atoms with Crippen molar-refractivity contribution in [3.05, 3.63) is 58.1 Å². The van der Waals surface area contributed by atoms with Gasteiger partial charge in [-0.3, -0.25) is 15.0 Å². The van der Waals surface area contributed by atoms with E-state index in [1.54, 1.807) is 38.1 Å². The van der Waals surface area contributed by atoms with Gasteiger partial charge >= 0.3 is 0 Å². The molecule has 1 aliphatic rings. The molecule has 0 spiro atoms. The highest BCUT2D eigenvalue weighted by atomic mass is 35.5. The van der Waals surface area contributed by atoms with Crippen LogP contribution in [0.15, 0.2) is 47.5 Å². The number of nitrogens with zero attached hydrogens (tertiary/aromatic N) is 2. The standard InChI is InChI=1S/C19H18ClFN3O2P/c1-10-11(2)18(26)24(17(10)25)23-14-9-13(20)15(19(3,21)27)16(22-14)12-7-5-4-6-8-12/h4-9H,27H2,1-3H3,(H,22,23). The van der Waals surface area contributed by atoms with E-state index in [-0.39, 0.29) is 16.4 Å². The number of aromatic nitrogens is 1. The topological polar surface area (TPSA) is 62.3 Å². The van der Waals surface area contributed by atoms with Crippen molar-refractivity contribution in [3.8, 4) is 11.3 Å². The number of hydrogen-bond donors (Lipinski definition) is 1. The van der Waals surface area contributed by atoms with Crippen LogP contribution >= 0.6 is 20.8 Å². The van der Waals surface area contributed by atoms with Crippen molar-refractivity contribution in [2.75, 3.05) is 5.43 Å². The highest BCUT2D eigenvalue weighted by molar-refractivity contribution is 7.18. The number of alkyl halides is 1. The third-order valence-corrected chi connectivity index (χ3v) is 4.93. The Labute approximate surface area is 163 Å². The van der Waals surface area contributed by atoms with Crippen molar-refractivity contribution in [2.24, 2.45) is 0 Å². The second-order valence-electron chi connectivity index (χ2n) is 6.46. The number of amides is 2. The smallest absolute Gasteiger partial charge is 0.271 e. The molecule has 0 saturated heterocycles. The number of carbonyl (C=O) groups excluding carboxylic acids is 2. The molecule has 0 saturated carbocycles. The number of rotatable bonds is 4. The molecule has 0 fully saturated rings. The molecule has 1 N–H and O–H groups in total. The summed E-state index contributed by atoms with van der Waals surface area (Å²) in [6, 6.07) is 10.4. The third-order valence-electron chi connectivity index (χ3n) is 4.34. The monoisotopic (exact) mass is 405 g/mol. The minimum absolute atomic E-state index is 0.131. The molecule has 1 aromatic carbocycles. The number of benzene rings is 1. The normalized spacial score (nSPS) is 16.7. The first-order valence-corrected chi connectivity index (χ1v) is 9.14. The average Bonchev–Trinajstić information content (AvgIpc) is 2.79. The fourth-order valence-corrected chi connectivity index (χ4v) is 3.57. The van der Waals surface area contributed by atoms with Gasteiger partial charge in [0.2, 0.25) is 0 Å². The summed E-state index contributed by atoms with van der Waals surface area (Å²) in [5.74, 6) is -0.745. The van der Waals surface area contributed by atoms with E-state index in [0.717, 1.165) is 5.01 Å². The van der Waals surface area contributed by atoms with Crippen molar-refractivity contribution < 1.29 is 14.0 Å². The molecule has 2 heterocycles. The highest BCUT2D eigenvalue weighted by Crippen LogP contribution is 2.43. The molecule has 5 nitrogen and oxygen atoms in total. The van der Waals surface area contributed by atoms with E-state index in [1.165, 1.54) is 13.0 Å². The maximum atomic E-state index is 14.8. The fraction of sp³-hybridized carbons (Fsp3) is 0.211. The molecule has 140 valence electrons. The Balaban J connectivity index is 2.08. The van der Waals surface area contributed by atoms with Gasteiger partial charge in [-0.2, -0.15) is 5.01 Å². The summed E-state index contributed by atoms with van der Waals surface area (Å²) in [5.41, 5.74) is 4.61. The first kappa shape index (κ1) is 19.5. The van der Waals surface area contributed by atoms with Crippen LogP contribution in [0.25, 0.3) is 11.3 Å². The van der Waals surface area contributed by atoms with E-state index in [9.17, 15) is 14.0 Å². The van der Waals surface area contributed by atoms with Crippen molar-refractivity contribution >= 4 is 38.5 Å². The van der Waals surface area contributed by atoms with Crippen LogP contribution in [0.5, 0.6) is 0 Å². The zero-order valence-electron chi connectivity index (χ0n) is 15.0. The minimum atomic E-state index is -1.82. The van der Waals surface area contributed by atoms with Gasteiger partial charge < -0.3 is 0 Å². The predicted molar refractivity (Wildman–Crippen MR) is 107 cm³/mol. The summed E-state index contributed by atoms with van der Waals surface area (Å²) in [6.07, 6.45) is 0. The van der Waals surface area contributed by atoms with Crippen LogP contribution in [-0.2, 0) is 15.0 Å².